The maximum atomic E-state index is 12.5. The molecule has 9 nitrogen and oxygen atoms in total. The van der Waals surface area contributed by atoms with Gasteiger partial charge < -0.3 is 19.9 Å². The maximum absolute atomic E-state index is 12.5. The Kier molecular flexibility index (Phi) is 4.39. The van der Waals surface area contributed by atoms with E-state index in [0.717, 1.165) is 48.5 Å². The van der Waals surface area contributed by atoms with Crippen LogP contribution in [0, 0.1) is 19.8 Å². The fourth-order valence-electron chi connectivity index (χ4n) is 3.62. The molecule has 1 aliphatic carbocycles. The van der Waals surface area contributed by atoms with Gasteiger partial charge in [0.05, 0.1) is 30.0 Å². The molecule has 2 N–H and O–H groups in total. The third-order valence-electron chi connectivity index (χ3n) is 5.39. The SMILES string of the molecule is Cc1cn2cc(NC(=O)c3cnc(N4CC(CNC5CC5)C4)cn3)nc(C)c2n1. The summed E-state index contributed by atoms with van der Waals surface area (Å²) in [5, 5.41) is 6.36. The molecular formula is C20H24N8O. The predicted octanol–water partition coefficient (Wildman–Crippen LogP) is 1.58. The van der Waals surface area contributed by atoms with Gasteiger partial charge in [-0.15, -0.1) is 0 Å². The number of anilines is 2. The minimum Gasteiger partial charge on any atom is -0.355 e. The highest BCUT2D eigenvalue weighted by Crippen LogP contribution is 2.24. The summed E-state index contributed by atoms with van der Waals surface area (Å²) in [5.41, 5.74) is 2.70. The third-order valence-corrected chi connectivity index (χ3v) is 5.39. The zero-order valence-electron chi connectivity index (χ0n) is 16.6. The molecule has 0 spiro atoms. The molecule has 0 aromatic carbocycles. The molecule has 1 amide bonds. The highest BCUT2D eigenvalue weighted by atomic mass is 16.1. The number of aryl methyl sites for hydroxylation is 2. The summed E-state index contributed by atoms with van der Waals surface area (Å²) in [6.45, 7) is 6.82. The highest BCUT2D eigenvalue weighted by Gasteiger charge is 2.30. The van der Waals surface area contributed by atoms with Crippen LogP contribution < -0.4 is 15.5 Å². The smallest absolute Gasteiger partial charge is 0.277 e. The Hall–Kier alpha value is -3.07. The summed E-state index contributed by atoms with van der Waals surface area (Å²) in [7, 11) is 0. The van der Waals surface area contributed by atoms with E-state index < -0.39 is 0 Å². The first kappa shape index (κ1) is 18.0. The maximum Gasteiger partial charge on any atom is 0.277 e. The second-order valence-corrected chi connectivity index (χ2v) is 7.99. The number of amides is 1. The van der Waals surface area contributed by atoms with Crippen molar-refractivity contribution in [2.24, 2.45) is 5.92 Å². The van der Waals surface area contributed by atoms with Crippen LogP contribution in [0.2, 0.25) is 0 Å². The van der Waals surface area contributed by atoms with Crippen LogP contribution >= 0.6 is 0 Å². The molecule has 1 saturated carbocycles. The predicted molar refractivity (Wildman–Crippen MR) is 109 cm³/mol. The molecule has 1 aliphatic heterocycles. The lowest BCUT2D eigenvalue weighted by molar-refractivity contribution is 0.102. The van der Waals surface area contributed by atoms with Gasteiger partial charge in [-0.05, 0) is 26.7 Å². The number of rotatable bonds is 6. The van der Waals surface area contributed by atoms with Crippen molar-refractivity contribution in [3.63, 3.8) is 0 Å². The van der Waals surface area contributed by atoms with Crippen LogP contribution in [0.1, 0.15) is 34.7 Å². The Balaban J connectivity index is 1.20. The number of imidazole rings is 1. The molecular weight excluding hydrogens is 368 g/mol. The number of carbonyl (C=O) groups is 1. The molecule has 9 heteroatoms. The first-order valence-corrected chi connectivity index (χ1v) is 10.00. The van der Waals surface area contributed by atoms with Gasteiger partial charge in [-0.2, -0.15) is 0 Å². The Labute approximate surface area is 168 Å². The van der Waals surface area contributed by atoms with Crippen molar-refractivity contribution < 1.29 is 4.79 Å². The van der Waals surface area contributed by atoms with Crippen LogP contribution in [-0.2, 0) is 0 Å². The fourth-order valence-corrected chi connectivity index (χ4v) is 3.62. The zero-order valence-corrected chi connectivity index (χ0v) is 16.6. The van der Waals surface area contributed by atoms with Gasteiger partial charge in [0.1, 0.15) is 17.3 Å². The van der Waals surface area contributed by atoms with Gasteiger partial charge in [0.15, 0.2) is 5.65 Å². The number of fused-ring (bicyclic) bond motifs is 1. The van der Waals surface area contributed by atoms with Crippen molar-refractivity contribution in [1.82, 2.24) is 29.7 Å². The first-order valence-electron chi connectivity index (χ1n) is 10.00. The van der Waals surface area contributed by atoms with E-state index in [1.807, 2.05) is 24.4 Å². The van der Waals surface area contributed by atoms with Gasteiger partial charge in [0, 0.05) is 37.8 Å². The topological polar surface area (TPSA) is 100 Å². The minimum atomic E-state index is -0.331. The molecule has 0 unspecified atom stereocenters. The van der Waals surface area contributed by atoms with E-state index in [-0.39, 0.29) is 11.6 Å². The number of aromatic nitrogens is 5. The molecule has 5 rings (SSSR count). The lowest BCUT2D eigenvalue weighted by Crippen LogP contribution is -2.51. The van der Waals surface area contributed by atoms with Crippen molar-refractivity contribution >= 4 is 23.2 Å². The standard InChI is InChI=1S/C20H24N8O/c1-12-8-28-11-17(25-13(2)19(28)24-12)26-20(29)16-6-23-18(7-22-16)27-9-14(10-27)5-21-15-3-4-15/h6-8,11,14-15,21H,3-5,9-10H2,1-2H3,(H,26,29). The Morgan fingerprint density at radius 2 is 1.97 bits per heavy atom. The summed E-state index contributed by atoms with van der Waals surface area (Å²) in [4.78, 5) is 32.3. The van der Waals surface area contributed by atoms with Gasteiger partial charge in [-0.3, -0.25) is 4.79 Å². The normalized spacial score (nSPS) is 16.8. The molecule has 3 aromatic rings. The summed E-state index contributed by atoms with van der Waals surface area (Å²) in [6, 6.07) is 0.749. The van der Waals surface area contributed by atoms with E-state index in [9.17, 15) is 4.79 Å². The molecule has 4 heterocycles. The van der Waals surface area contributed by atoms with Crippen molar-refractivity contribution in [3.8, 4) is 0 Å². The quantitative estimate of drug-likeness (QED) is 0.657. The summed E-state index contributed by atoms with van der Waals surface area (Å²) in [6.07, 6.45) is 9.47. The number of hydrogen-bond donors (Lipinski definition) is 2. The Morgan fingerprint density at radius 3 is 2.69 bits per heavy atom. The summed E-state index contributed by atoms with van der Waals surface area (Å²) < 4.78 is 1.86. The van der Waals surface area contributed by atoms with E-state index in [1.54, 1.807) is 12.4 Å². The first-order chi connectivity index (χ1) is 14.0. The van der Waals surface area contributed by atoms with Gasteiger partial charge in [-0.25, -0.2) is 19.9 Å². The highest BCUT2D eigenvalue weighted by molar-refractivity contribution is 6.02. The molecule has 2 fully saturated rings. The largest absolute Gasteiger partial charge is 0.355 e. The Morgan fingerprint density at radius 1 is 1.14 bits per heavy atom. The van der Waals surface area contributed by atoms with Crippen LogP contribution in [-0.4, -0.2) is 55.9 Å². The van der Waals surface area contributed by atoms with Crippen molar-refractivity contribution in [3.05, 3.63) is 41.9 Å². The van der Waals surface area contributed by atoms with Crippen LogP contribution in [0.4, 0.5) is 11.6 Å². The van der Waals surface area contributed by atoms with Crippen molar-refractivity contribution in [2.45, 2.75) is 32.7 Å². The van der Waals surface area contributed by atoms with E-state index in [1.165, 1.54) is 19.0 Å². The van der Waals surface area contributed by atoms with Gasteiger partial charge in [0.2, 0.25) is 0 Å². The van der Waals surface area contributed by atoms with Gasteiger partial charge in [-0.1, -0.05) is 0 Å². The average molecular weight is 392 g/mol. The number of nitrogens with zero attached hydrogens (tertiary/aromatic N) is 6. The van der Waals surface area contributed by atoms with Crippen molar-refractivity contribution in [1.29, 1.82) is 0 Å². The van der Waals surface area contributed by atoms with E-state index in [0.29, 0.717) is 11.7 Å². The molecule has 150 valence electrons. The van der Waals surface area contributed by atoms with Crippen molar-refractivity contribution in [2.75, 3.05) is 29.9 Å². The van der Waals surface area contributed by atoms with E-state index in [4.69, 9.17) is 0 Å². The zero-order chi connectivity index (χ0) is 20.0. The van der Waals surface area contributed by atoms with Crippen LogP contribution in [0.25, 0.3) is 5.65 Å². The average Bonchev–Trinajstić information content (AvgIpc) is 3.41. The third kappa shape index (κ3) is 3.77. The molecule has 0 radical (unpaired) electrons. The second-order valence-electron chi connectivity index (χ2n) is 7.99. The van der Waals surface area contributed by atoms with Crippen LogP contribution in [0.5, 0.6) is 0 Å². The van der Waals surface area contributed by atoms with E-state index in [2.05, 4.69) is 35.5 Å². The molecule has 3 aromatic heterocycles. The molecule has 29 heavy (non-hydrogen) atoms. The number of hydrogen-bond acceptors (Lipinski definition) is 7. The number of nitrogens with one attached hydrogen (secondary N) is 2. The molecule has 1 saturated heterocycles. The molecule has 2 aliphatic rings. The minimum absolute atomic E-state index is 0.266. The lowest BCUT2D eigenvalue weighted by Gasteiger charge is -2.40. The summed E-state index contributed by atoms with van der Waals surface area (Å²) in [5.74, 6) is 1.60. The monoisotopic (exact) mass is 392 g/mol. The molecule has 0 atom stereocenters. The Bertz CT molecular complexity index is 1050. The second kappa shape index (κ2) is 7.07. The van der Waals surface area contributed by atoms with Crippen LogP contribution in [0.3, 0.4) is 0 Å². The lowest BCUT2D eigenvalue weighted by atomic mass is 10.0. The summed E-state index contributed by atoms with van der Waals surface area (Å²) >= 11 is 0. The van der Waals surface area contributed by atoms with Gasteiger partial charge >= 0.3 is 0 Å². The number of carbonyl (C=O) groups excluding carboxylic acids is 1. The van der Waals surface area contributed by atoms with E-state index >= 15 is 0 Å². The van der Waals surface area contributed by atoms with Gasteiger partial charge in [0.25, 0.3) is 5.91 Å². The molecule has 0 bridgehead atoms. The fraction of sp³-hybridized carbons (Fsp3) is 0.450. The van der Waals surface area contributed by atoms with Crippen LogP contribution in [0.15, 0.2) is 24.8 Å².